The highest BCUT2D eigenvalue weighted by molar-refractivity contribution is 6.42. The molecule has 0 saturated carbocycles. The summed E-state index contributed by atoms with van der Waals surface area (Å²) in [6.07, 6.45) is 1.72. The van der Waals surface area contributed by atoms with Crippen LogP contribution in [0.15, 0.2) is 29.5 Å². The molecule has 24 heavy (non-hydrogen) atoms. The first-order valence-corrected chi connectivity index (χ1v) is 8.49. The van der Waals surface area contributed by atoms with Crippen molar-refractivity contribution in [1.82, 2.24) is 10.2 Å². The van der Waals surface area contributed by atoms with Gasteiger partial charge in [-0.2, -0.15) is 0 Å². The smallest absolute Gasteiger partial charge is 0.338 e. The van der Waals surface area contributed by atoms with E-state index in [4.69, 9.17) is 27.9 Å². The molecule has 7 heteroatoms. The number of rotatable bonds is 5. The maximum absolute atomic E-state index is 12.6. The van der Waals surface area contributed by atoms with Gasteiger partial charge in [0.2, 0.25) is 0 Å². The Labute approximate surface area is 151 Å². The predicted molar refractivity (Wildman–Crippen MR) is 94.1 cm³/mol. The van der Waals surface area contributed by atoms with E-state index in [1.807, 2.05) is 6.92 Å². The van der Waals surface area contributed by atoms with Crippen LogP contribution in [0, 0.1) is 0 Å². The fraction of sp³-hybridized carbons (Fsp3) is 0.412. The van der Waals surface area contributed by atoms with Crippen LogP contribution in [0.2, 0.25) is 10.0 Å². The van der Waals surface area contributed by atoms with Gasteiger partial charge in [0.1, 0.15) is 0 Å². The van der Waals surface area contributed by atoms with Crippen LogP contribution < -0.4 is 5.32 Å². The molecule has 1 aromatic carbocycles. The van der Waals surface area contributed by atoms with Gasteiger partial charge in [0.15, 0.2) is 0 Å². The zero-order valence-corrected chi connectivity index (χ0v) is 15.4. The molecule has 130 valence electrons. The van der Waals surface area contributed by atoms with Gasteiger partial charge in [-0.15, -0.1) is 0 Å². The molecule has 2 amide bonds. The average molecular weight is 371 g/mol. The molecule has 0 aliphatic carbocycles. The van der Waals surface area contributed by atoms with E-state index in [1.54, 1.807) is 32.2 Å². The summed E-state index contributed by atoms with van der Waals surface area (Å²) in [4.78, 5) is 26.1. The van der Waals surface area contributed by atoms with Crippen LogP contribution in [0.1, 0.15) is 38.3 Å². The fourth-order valence-corrected chi connectivity index (χ4v) is 2.74. The molecular weight excluding hydrogens is 351 g/mol. The van der Waals surface area contributed by atoms with Crippen LogP contribution in [0.3, 0.4) is 0 Å². The summed E-state index contributed by atoms with van der Waals surface area (Å²) in [5, 5.41) is 3.58. The summed E-state index contributed by atoms with van der Waals surface area (Å²) in [6, 6.07) is 4.09. The van der Waals surface area contributed by atoms with Gasteiger partial charge in [-0.1, -0.05) is 42.6 Å². The van der Waals surface area contributed by atoms with Crippen molar-refractivity contribution in [3.05, 3.63) is 45.1 Å². The Hall–Kier alpha value is -1.72. The molecule has 1 aromatic rings. The first-order chi connectivity index (χ1) is 11.4. The summed E-state index contributed by atoms with van der Waals surface area (Å²) >= 11 is 12.0. The zero-order valence-electron chi connectivity index (χ0n) is 13.9. The molecule has 0 bridgehead atoms. The average Bonchev–Trinajstić information content (AvgIpc) is 2.55. The first kappa shape index (κ1) is 18.6. The molecule has 1 heterocycles. The van der Waals surface area contributed by atoms with E-state index >= 15 is 0 Å². The Morgan fingerprint density at radius 1 is 1.33 bits per heavy atom. The van der Waals surface area contributed by atoms with Crippen LogP contribution in [0.5, 0.6) is 0 Å². The van der Waals surface area contributed by atoms with E-state index in [0.717, 1.165) is 12.8 Å². The Morgan fingerprint density at radius 3 is 2.67 bits per heavy atom. The number of benzene rings is 1. The normalized spacial score (nSPS) is 17.8. The van der Waals surface area contributed by atoms with Crippen molar-refractivity contribution in [2.75, 3.05) is 13.7 Å². The molecule has 0 radical (unpaired) electrons. The predicted octanol–water partition coefficient (Wildman–Crippen LogP) is 4.31. The molecule has 1 aliphatic heterocycles. The molecular formula is C17H20Cl2N2O3. The highest BCUT2D eigenvalue weighted by Gasteiger charge is 2.35. The summed E-state index contributed by atoms with van der Waals surface area (Å²) in [5.41, 5.74) is 1.62. The fourth-order valence-electron chi connectivity index (χ4n) is 2.43. The Kier molecular flexibility index (Phi) is 6.13. The van der Waals surface area contributed by atoms with Gasteiger partial charge in [0.05, 0.1) is 28.3 Å². The van der Waals surface area contributed by atoms with E-state index in [1.165, 1.54) is 4.90 Å². The number of unbranched alkanes of at least 4 members (excludes halogenated alkanes) is 1. The lowest BCUT2D eigenvalue weighted by atomic mass is 9.95. The SMILES string of the molecule is CCCCOC(=O)C1=C(C)N(C)C(=O)N[C@H]1c1ccc(Cl)c(Cl)c1. The number of carbonyl (C=O) groups is 2. The third-order valence-corrected chi connectivity index (χ3v) is 4.72. The maximum Gasteiger partial charge on any atom is 0.338 e. The first-order valence-electron chi connectivity index (χ1n) is 7.73. The van der Waals surface area contributed by atoms with E-state index in [9.17, 15) is 9.59 Å². The van der Waals surface area contributed by atoms with Crippen LogP contribution in [-0.4, -0.2) is 30.6 Å². The topological polar surface area (TPSA) is 58.6 Å². The maximum atomic E-state index is 12.6. The van der Waals surface area contributed by atoms with E-state index in [-0.39, 0.29) is 6.03 Å². The minimum atomic E-state index is -0.627. The molecule has 0 saturated heterocycles. The standard InChI is InChI=1S/C17H20Cl2N2O3/c1-4-5-8-24-16(22)14-10(2)21(3)17(23)20-15(14)11-6-7-12(18)13(19)9-11/h6-7,9,15H,4-5,8H2,1-3H3,(H,20,23)/t15-/m0/s1. The van der Waals surface area contributed by atoms with Crippen molar-refractivity contribution in [2.24, 2.45) is 0 Å². The van der Waals surface area contributed by atoms with E-state index in [2.05, 4.69) is 5.32 Å². The highest BCUT2D eigenvalue weighted by atomic mass is 35.5. The molecule has 0 unspecified atom stereocenters. The van der Waals surface area contributed by atoms with Crippen LogP contribution in [0.4, 0.5) is 4.79 Å². The van der Waals surface area contributed by atoms with Gasteiger partial charge < -0.3 is 15.0 Å². The molecule has 0 spiro atoms. The summed E-state index contributed by atoms with van der Waals surface area (Å²) in [7, 11) is 1.61. The molecule has 5 nitrogen and oxygen atoms in total. The lowest BCUT2D eigenvalue weighted by Crippen LogP contribution is -2.46. The molecule has 1 aliphatic rings. The van der Waals surface area contributed by atoms with Gasteiger partial charge in [-0.25, -0.2) is 9.59 Å². The Balaban J connectivity index is 2.40. The number of amides is 2. The second-order valence-corrected chi connectivity index (χ2v) is 6.42. The number of esters is 1. The van der Waals surface area contributed by atoms with Crippen molar-refractivity contribution < 1.29 is 14.3 Å². The van der Waals surface area contributed by atoms with Crippen LogP contribution in [0.25, 0.3) is 0 Å². The number of hydrogen-bond donors (Lipinski definition) is 1. The van der Waals surface area contributed by atoms with Crippen LogP contribution >= 0.6 is 23.2 Å². The Bertz CT molecular complexity index is 688. The third kappa shape index (κ3) is 3.84. The van der Waals surface area contributed by atoms with Crippen molar-refractivity contribution in [1.29, 1.82) is 0 Å². The van der Waals surface area contributed by atoms with E-state index in [0.29, 0.717) is 33.5 Å². The largest absolute Gasteiger partial charge is 0.462 e. The van der Waals surface area contributed by atoms with Crippen LogP contribution in [-0.2, 0) is 9.53 Å². The number of ether oxygens (including phenoxy) is 1. The van der Waals surface area contributed by atoms with Gasteiger partial charge in [0.25, 0.3) is 0 Å². The van der Waals surface area contributed by atoms with Gasteiger partial charge in [-0.05, 0) is 31.0 Å². The van der Waals surface area contributed by atoms with Gasteiger partial charge >= 0.3 is 12.0 Å². The minimum absolute atomic E-state index is 0.298. The number of nitrogens with zero attached hydrogens (tertiary/aromatic N) is 1. The quantitative estimate of drug-likeness (QED) is 0.620. The number of allylic oxidation sites excluding steroid dienone is 1. The number of nitrogens with one attached hydrogen (secondary N) is 1. The molecule has 1 N–H and O–H groups in total. The van der Waals surface area contributed by atoms with Crippen molar-refractivity contribution in [2.45, 2.75) is 32.7 Å². The van der Waals surface area contributed by atoms with Crippen molar-refractivity contribution in [3.8, 4) is 0 Å². The molecule has 0 aromatic heterocycles. The number of carbonyl (C=O) groups excluding carboxylic acids is 2. The second-order valence-electron chi connectivity index (χ2n) is 5.60. The van der Waals surface area contributed by atoms with E-state index < -0.39 is 12.0 Å². The molecule has 0 fully saturated rings. The summed E-state index contributed by atoms with van der Waals surface area (Å²) in [5.74, 6) is -0.441. The third-order valence-electron chi connectivity index (χ3n) is 3.98. The highest BCUT2D eigenvalue weighted by Crippen LogP contribution is 2.33. The van der Waals surface area contributed by atoms with Crippen molar-refractivity contribution in [3.63, 3.8) is 0 Å². The second kappa shape index (κ2) is 7.90. The Morgan fingerprint density at radius 2 is 2.04 bits per heavy atom. The number of halogens is 2. The summed E-state index contributed by atoms with van der Waals surface area (Å²) in [6.45, 7) is 4.09. The minimum Gasteiger partial charge on any atom is -0.462 e. The summed E-state index contributed by atoms with van der Waals surface area (Å²) < 4.78 is 5.35. The molecule has 2 rings (SSSR count). The van der Waals surface area contributed by atoms with Gasteiger partial charge in [0, 0.05) is 12.7 Å². The van der Waals surface area contributed by atoms with Gasteiger partial charge in [-0.3, -0.25) is 0 Å². The number of urea groups is 1. The lowest BCUT2D eigenvalue weighted by molar-refractivity contribution is -0.139. The zero-order chi connectivity index (χ0) is 17.9. The lowest BCUT2D eigenvalue weighted by Gasteiger charge is -2.33. The van der Waals surface area contributed by atoms with Crippen molar-refractivity contribution >= 4 is 35.2 Å². The monoisotopic (exact) mass is 370 g/mol. The molecule has 1 atom stereocenters. The number of hydrogen-bond acceptors (Lipinski definition) is 3.